The van der Waals surface area contributed by atoms with E-state index in [1.807, 2.05) is 0 Å². The maximum Gasteiger partial charge on any atom is 0.0640 e. The van der Waals surface area contributed by atoms with Gasteiger partial charge in [0, 0.05) is 31.4 Å². The van der Waals surface area contributed by atoms with Crippen molar-refractivity contribution in [1.82, 2.24) is 5.32 Å². The first-order chi connectivity index (χ1) is 11.1. The van der Waals surface area contributed by atoms with E-state index in [4.69, 9.17) is 5.26 Å². The van der Waals surface area contributed by atoms with Crippen LogP contribution in [0.1, 0.15) is 50.2 Å². The van der Waals surface area contributed by atoms with Crippen molar-refractivity contribution >= 4 is 5.69 Å². The summed E-state index contributed by atoms with van der Waals surface area (Å²) in [5.74, 6) is 0. The summed E-state index contributed by atoms with van der Waals surface area (Å²) in [6.45, 7) is 6.87. The molecular formula is C19H29N3O. The Bertz CT molecular complexity index is 530. The molecule has 0 aromatic heterocycles. The summed E-state index contributed by atoms with van der Waals surface area (Å²) in [5.41, 5.74) is 3.82. The van der Waals surface area contributed by atoms with E-state index in [0.717, 1.165) is 45.3 Å². The molecule has 2 rings (SSSR count). The summed E-state index contributed by atoms with van der Waals surface area (Å²) in [6, 6.07) is 9.33. The third-order valence-electron chi connectivity index (χ3n) is 4.84. The van der Waals surface area contributed by atoms with Gasteiger partial charge in [0.05, 0.1) is 18.6 Å². The number of aliphatic hydroxyl groups is 1. The molecule has 0 bridgehead atoms. The number of rotatable bonds is 7. The number of aryl methyl sites for hydroxylation is 1. The molecule has 1 aliphatic carbocycles. The highest BCUT2D eigenvalue weighted by atomic mass is 16.3. The van der Waals surface area contributed by atoms with Crippen LogP contribution in [-0.2, 0) is 6.54 Å². The molecule has 0 spiro atoms. The van der Waals surface area contributed by atoms with Crippen LogP contribution < -0.4 is 10.2 Å². The second kappa shape index (κ2) is 8.90. The zero-order valence-corrected chi connectivity index (χ0v) is 14.4. The third-order valence-corrected chi connectivity index (χ3v) is 4.84. The smallest absolute Gasteiger partial charge is 0.0640 e. The molecule has 0 amide bonds. The SMILES string of the molecule is CCN(CCC#N)c1ccc(CNC2CCC(O)CC2)c(C)c1. The molecule has 2 N–H and O–H groups in total. The summed E-state index contributed by atoms with van der Waals surface area (Å²) in [7, 11) is 0. The first-order valence-corrected chi connectivity index (χ1v) is 8.77. The number of aliphatic hydroxyl groups excluding tert-OH is 1. The zero-order chi connectivity index (χ0) is 16.7. The third kappa shape index (κ3) is 5.23. The largest absolute Gasteiger partial charge is 0.393 e. The number of hydrogen-bond acceptors (Lipinski definition) is 4. The summed E-state index contributed by atoms with van der Waals surface area (Å²) < 4.78 is 0. The number of nitriles is 1. The van der Waals surface area contributed by atoms with Crippen LogP contribution in [0.2, 0.25) is 0 Å². The van der Waals surface area contributed by atoms with E-state index >= 15 is 0 Å². The predicted octanol–water partition coefficient (Wildman–Crippen LogP) is 3.13. The number of nitrogens with zero attached hydrogens (tertiary/aromatic N) is 2. The van der Waals surface area contributed by atoms with Crippen molar-refractivity contribution in [3.8, 4) is 6.07 Å². The fourth-order valence-corrected chi connectivity index (χ4v) is 3.26. The Labute approximate surface area is 140 Å². The highest BCUT2D eigenvalue weighted by molar-refractivity contribution is 5.50. The minimum absolute atomic E-state index is 0.0949. The Kier molecular flexibility index (Phi) is 6.88. The second-order valence-corrected chi connectivity index (χ2v) is 6.48. The zero-order valence-electron chi connectivity index (χ0n) is 14.4. The number of benzene rings is 1. The topological polar surface area (TPSA) is 59.3 Å². The summed E-state index contributed by atoms with van der Waals surface area (Å²) in [5, 5.41) is 22.0. The Hall–Kier alpha value is -1.57. The van der Waals surface area contributed by atoms with E-state index in [9.17, 15) is 5.11 Å². The van der Waals surface area contributed by atoms with Crippen molar-refractivity contribution < 1.29 is 5.11 Å². The summed E-state index contributed by atoms with van der Waals surface area (Å²) >= 11 is 0. The monoisotopic (exact) mass is 315 g/mol. The Morgan fingerprint density at radius 3 is 2.65 bits per heavy atom. The van der Waals surface area contributed by atoms with Crippen molar-refractivity contribution in [2.24, 2.45) is 0 Å². The molecule has 1 aliphatic rings. The molecule has 0 heterocycles. The molecule has 1 saturated carbocycles. The van der Waals surface area contributed by atoms with Crippen LogP contribution >= 0.6 is 0 Å². The number of nitrogens with one attached hydrogen (secondary N) is 1. The van der Waals surface area contributed by atoms with Crippen LogP contribution in [0.15, 0.2) is 18.2 Å². The lowest BCUT2D eigenvalue weighted by Crippen LogP contribution is -2.34. The lowest BCUT2D eigenvalue weighted by Gasteiger charge is -2.27. The van der Waals surface area contributed by atoms with Crippen LogP contribution in [0.4, 0.5) is 5.69 Å². The Balaban J connectivity index is 1.92. The fraction of sp³-hybridized carbons (Fsp3) is 0.632. The van der Waals surface area contributed by atoms with Gasteiger partial charge in [0.25, 0.3) is 0 Å². The minimum atomic E-state index is -0.0949. The highest BCUT2D eigenvalue weighted by Crippen LogP contribution is 2.21. The van der Waals surface area contributed by atoms with Gasteiger partial charge in [-0.3, -0.25) is 0 Å². The average Bonchev–Trinajstić information content (AvgIpc) is 2.56. The van der Waals surface area contributed by atoms with Gasteiger partial charge in [0.15, 0.2) is 0 Å². The molecule has 1 aromatic rings. The average molecular weight is 315 g/mol. The van der Waals surface area contributed by atoms with Crippen molar-refractivity contribution in [3.05, 3.63) is 29.3 Å². The summed E-state index contributed by atoms with van der Waals surface area (Å²) in [6.07, 6.45) is 4.43. The van der Waals surface area contributed by atoms with Crippen molar-refractivity contribution in [3.63, 3.8) is 0 Å². The van der Waals surface area contributed by atoms with E-state index in [0.29, 0.717) is 12.5 Å². The molecule has 0 unspecified atom stereocenters. The maximum absolute atomic E-state index is 9.57. The normalized spacial score (nSPS) is 21.0. The van der Waals surface area contributed by atoms with Crippen LogP contribution in [0.25, 0.3) is 0 Å². The molecule has 0 aliphatic heterocycles. The van der Waals surface area contributed by atoms with E-state index in [2.05, 4.69) is 48.3 Å². The van der Waals surface area contributed by atoms with Crippen LogP contribution in [0.3, 0.4) is 0 Å². The van der Waals surface area contributed by atoms with Gasteiger partial charge < -0.3 is 15.3 Å². The highest BCUT2D eigenvalue weighted by Gasteiger charge is 2.18. The molecule has 0 atom stereocenters. The molecule has 4 heteroatoms. The van der Waals surface area contributed by atoms with Gasteiger partial charge in [-0.25, -0.2) is 0 Å². The Morgan fingerprint density at radius 1 is 1.30 bits per heavy atom. The standard InChI is InChI=1S/C19H29N3O/c1-3-22(12-4-11-20)18-8-5-16(15(2)13-18)14-21-17-6-9-19(23)10-7-17/h5,8,13,17,19,21,23H,3-4,6-7,9-10,12,14H2,1-2H3. The van der Waals surface area contributed by atoms with Gasteiger partial charge in [-0.1, -0.05) is 6.07 Å². The lowest BCUT2D eigenvalue weighted by molar-refractivity contribution is 0.116. The van der Waals surface area contributed by atoms with E-state index in [-0.39, 0.29) is 6.10 Å². The van der Waals surface area contributed by atoms with E-state index in [1.54, 1.807) is 0 Å². The second-order valence-electron chi connectivity index (χ2n) is 6.48. The quantitative estimate of drug-likeness (QED) is 0.811. The number of anilines is 1. The summed E-state index contributed by atoms with van der Waals surface area (Å²) in [4.78, 5) is 2.25. The lowest BCUT2D eigenvalue weighted by atomic mass is 9.93. The van der Waals surface area contributed by atoms with Crippen molar-refractivity contribution in [1.29, 1.82) is 5.26 Å². The van der Waals surface area contributed by atoms with Gasteiger partial charge >= 0.3 is 0 Å². The van der Waals surface area contributed by atoms with Gasteiger partial charge in [-0.15, -0.1) is 0 Å². The first-order valence-electron chi connectivity index (χ1n) is 8.77. The van der Waals surface area contributed by atoms with Crippen LogP contribution in [0, 0.1) is 18.3 Å². The Morgan fingerprint density at radius 2 is 2.04 bits per heavy atom. The van der Waals surface area contributed by atoms with Crippen LogP contribution in [-0.4, -0.2) is 30.3 Å². The fourth-order valence-electron chi connectivity index (χ4n) is 3.26. The molecule has 23 heavy (non-hydrogen) atoms. The molecular weight excluding hydrogens is 286 g/mol. The van der Waals surface area contributed by atoms with Gasteiger partial charge in [0.2, 0.25) is 0 Å². The van der Waals surface area contributed by atoms with E-state index in [1.165, 1.54) is 16.8 Å². The first kappa shape index (κ1) is 17.8. The number of hydrogen-bond donors (Lipinski definition) is 2. The van der Waals surface area contributed by atoms with Gasteiger partial charge in [0.1, 0.15) is 0 Å². The molecule has 1 aromatic carbocycles. The van der Waals surface area contributed by atoms with E-state index < -0.39 is 0 Å². The molecule has 0 radical (unpaired) electrons. The predicted molar refractivity (Wildman–Crippen MR) is 94.4 cm³/mol. The minimum Gasteiger partial charge on any atom is -0.393 e. The molecule has 126 valence electrons. The van der Waals surface area contributed by atoms with Gasteiger partial charge in [-0.2, -0.15) is 5.26 Å². The maximum atomic E-state index is 9.57. The van der Waals surface area contributed by atoms with Crippen LogP contribution in [0.5, 0.6) is 0 Å². The van der Waals surface area contributed by atoms with Crippen molar-refractivity contribution in [2.75, 3.05) is 18.0 Å². The molecule has 0 saturated heterocycles. The van der Waals surface area contributed by atoms with Crippen molar-refractivity contribution in [2.45, 2.75) is 64.6 Å². The molecule has 4 nitrogen and oxygen atoms in total. The van der Waals surface area contributed by atoms with Gasteiger partial charge in [-0.05, 0) is 62.8 Å². The molecule has 1 fully saturated rings.